The monoisotopic (exact) mass is 528 g/mol. The Hall–Kier alpha value is -4.28. The van der Waals surface area contributed by atoms with Gasteiger partial charge in [0, 0.05) is 54.8 Å². The van der Waals surface area contributed by atoms with E-state index in [4.69, 9.17) is 16.3 Å². The quantitative estimate of drug-likeness (QED) is 0.521. The van der Waals surface area contributed by atoms with Gasteiger partial charge >= 0.3 is 0 Å². The maximum Gasteiger partial charge on any atom is 0.261 e. The van der Waals surface area contributed by atoms with Gasteiger partial charge in [-0.1, -0.05) is 29.8 Å². The zero-order valence-corrected chi connectivity index (χ0v) is 20.8. The number of nitrogens with zero attached hydrogens (tertiary/aromatic N) is 5. The number of hydrogen-bond donors (Lipinski definition) is 1. The molecule has 1 fully saturated rings. The third kappa shape index (κ3) is 3.41. The number of halogens is 1. The van der Waals surface area contributed by atoms with Crippen molar-refractivity contribution in [3.63, 3.8) is 0 Å². The highest BCUT2D eigenvalue weighted by Crippen LogP contribution is 2.40. The van der Waals surface area contributed by atoms with Crippen molar-refractivity contribution in [3.8, 4) is 0 Å². The number of amides is 3. The average Bonchev–Trinajstić information content (AvgIpc) is 3.54. The second-order valence-corrected chi connectivity index (χ2v) is 9.84. The van der Waals surface area contributed by atoms with E-state index >= 15 is 0 Å². The molecule has 190 valence electrons. The number of rotatable bonds is 3. The summed E-state index contributed by atoms with van der Waals surface area (Å²) in [6.45, 7) is 2.16. The van der Waals surface area contributed by atoms with Crippen molar-refractivity contribution in [3.05, 3.63) is 82.5 Å². The van der Waals surface area contributed by atoms with E-state index in [9.17, 15) is 14.4 Å². The number of fused-ring (bicyclic) bond motifs is 1. The summed E-state index contributed by atoms with van der Waals surface area (Å²) in [5.41, 5.74) is 4.18. The third-order valence-corrected chi connectivity index (χ3v) is 7.56. The molecule has 1 saturated heterocycles. The lowest BCUT2D eigenvalue weighted by atomic mass is 9.94. The molecule has 1 aromatic carbocycles. The van der Waals surface area contributed by atoms with Crippen LogP contribution in [0.4, 0.5) is 5.69 Å². The minimum Gasteiger partial charge on any atom is -0.378 e. The molecule has 3 aromatic rings. The number of benzene rings is 1. The zero-order valence-electron chi connectivity index (χ0n) is 20.1. The summed E-state index contributed by atoms with van der Waals surface area (Å²) < 4.78 is 7.13. The number of anilines is 1. The molecular formula is C27H21ClN6O4. The van der Waals surface area contributed by atoms with E-state index in [-0.39, 0.29) is 17.1 Å². The first-order valence-corrected chi connectivity index (χ1v) is 12.6. The van der Waals surface area contributed by atoms with Crippen molar-refractivity contribution in [1.29, 1.82) is 0 Å². The maximum absolute atomic E-state index is 13.5. The molecule has 6 heterocycles. The highest BCUT2D eigenvalue weighted by Gasteiger charge is 2.42. The van der Waals surface area contributed by atoms with Crippen molar-refractivity contribution >= 4 is 51.9 Å². The number of imidazole rings is 1. The highest BCUT2D eigenvalue weighted by molar-refractivity contribution is 6.47. The molecule has 4 aliphatic rings. The van der Waals surface area contributed by atoms with E-state index in [1.807, 2.05) is 28.0 Å². The molecule has 4 aliphatic heterocycles. The molecule has 2 aromatic heterocycles. The Morgan fingerprint density at radius 2 is 1.92 bits per heavy atom. The van der Waals surface area contributed by atoms with Gasteiger partial charge in [0.05, 0.1) is 47.6 Å². The van der Waals surface area contributed by atoms with Gasteiger partial charge in [0.25, 0.3) is 11.8 Å². The van der Waals surface area contributed by atoms with Gasteiger partial charge in [0.15, 0.2) is 0 Å². The minimum atomic E-state index is -0.536. The summed E-state index contributed by atoms with van der Waals surface area (Å²) in [5.74, 6) is -1.03. The first-order chi connectivity index (χ1) is 18.5. The Labute approximate surface area is 221 Å². The van der Waals surface area contributed by atoms with Gasteiger partial charge in [-0.25, -0.2) is 4.98 Å². The number of aromatic nitrogens is 2. The summed E-state index contributed by atoms with van der Waals surface area (Å²) in [7, 11) is 0. The van der Waals surface area contributed by atoms with Gasteiger partial charge in [0.2, 0.25) is 5.91 Å². The lowest BCUT2D eigenvalue weighted by Gasteiger charge is -2.32. The van der Waals surface area contributed by atoms with Crippen molar-refractivity contribution in [2.75, 3.05) is 31.2 Å². The molecule has 3 amide bonds. The van der Waals surface area contributed by atoms with E-state index in [0.717, 1.165) is 11.3 Å². The Morgan fingerprint density at radius 3 is 2.76 bits per heavy atom. The van der Waals surface area contributed by atoms with E-state index in [2.05, 4.69) is 15.3 Å². The van der Waals surface area contributed by atoms with Crippen LogP contribution in [0.2, 0.25) is 5.02 Å². The Kier molecular flexibility index (Phi) is 5.20. The van der Waals surface area contributed by atoms with Crippen molar-refractivity contribution in [2.45, 2.75) is 12.5 Å². The van der Waals surface area contributed by atoms with Crippen LogP contribution < -0.4 is 10.2 Å². The molecule has 38 heavy (non-hydrogen) atoms. The fourth-order valence-electron chi connectivity index (χ4n) is 5.61. The molecule has 7 rings (SSSR count). The fraction of sp³-hybridized carbons (Fsp3) is 0.222. The highest BCUT2D eigenvalue weighted by atomic mass is 35.5. The number of carbonyl (C=O) groups is 3. The first-order valence-electron chi connectivity index (χ1n) is 12.3. The topological polar surface area (TPSA) is 109 Å². The van der Waals surface area contributed by atoms with E-state index in [1.54, 1.807) is 41.3 Å². The second kappa shape index (κ2) is 8.64. The van der Waals surface area contributed by atoms with Crippen molar-refractivity contribution in [2.24, 2.45) is 4.99 Å². The van der Waals surface area contributed by atoms with E-state index in [1.165, 1.54) is 0 Å². The molecule has 11 heteroatoms. The predicted octanol–water partition coefficient (Wildman–Crippen LogP) is 1.96. The molecule has 1 unspecified atom stereocenters. The number of pyridine rings is 1. The zero-order chi connectivity index (χ0) is 26.0. The van der Waals surface area contributed by atoms with Crippen molar-refractivity contribution < 1.29 is 19.1 Å². The maximum atomic E-state index is 13.5. The molecule has 0 saturated carbocycles. The van der Waals surface area contributed by atoms with Gasteiger partial charge in [0.1, 0.15) is 11.7 Å². The van der Waals surface area contributed by atoms with Crippen LogP contribution in [0.5, 0.6) is 0 Å². The molecule has 0 bridgehead atoms. The number of nitrogens with one attached hydrogen (secondary N) is 1. The largest absolute Gasteiger partial charge is 0.378 e. The number of imide groups is 1. The van der Waals surface area contributed by atoms with Crippen LogP contribution in [0.1, 0.15) is 16.8 Å². The van der Waals surface area contributed by atoms with Crippen LogP contribution >= 0.6 is 11.6 Å². The predicted molar refractivity (Wildman–Crippen MR) is 140 cm³/mol. The average molecular weight is 529 g/mol. The SMILES string of the molecule is O=C1NC(=O)C(c2cnc3cc(Cl)ccn23)=C1C1=NC=CN2c3c(cccc31)CC2C(=O)N1CCOCC1. The van der Waals surface area contributed by atoms with Gasteiger partial charge < -0.3 is 14.5 Å². The molecule has 10 nitrogen and oxygen atoms in total. The summed E-state index contributed by atoms with van der Waals surface area (Å²) >= 11 is 6.12. The van der Waals surface area contributed by atoms with Crippen LogP contribution in [-0.4, -0.2) is 70.1 Å². The number of morpholine rings is 1. The molecule has 1 atom stereocenters. The van der Waals surface area contributed by atoms with Crippen LogP contribution in [0, 0.1) is 0 Å². The smallest absolute Gasteiger partial charge is 0.261 e. The summed E-state index contributed by atoms with van der Waals surface area (Å²) in [4.78, 5) is 52.6. The van der Waals surface area contributed by atoms with Gasteiger partial charge in [-0.15, -0.1) is 0 Å². The summed E-state index contributed by atoms with van der Waals surface area (Å²) in [6, 6.07) is 8.69. The summed E-state index contributed by atoms with van der Waals surface area (Å²) in [6.07, 6.45) is 7.14. The lowest BCUT2D eigenvalue weighted by molar-refractivity contribution is -0.136. The van der Waals surface area contributed by atoms with Crippen LogP contribution in [0.25, 0.3) is 11.2 Å². The Balaban J connectivity index is 1.35. The number of hydrogen-bond acceptors (Lipinski definition) is 7. The normalized spacial score (nSPS) is 20.7. The Morgan fingerprint density at radius 1 is 1.11 bits per heavy atom. The van der Waals surface area contributed by atoms with E-state index in [0.29, 0.717) is 60.4 Å². The van der Waals surface area contributed by atoms with Gasteiger partial charge in [-0.05, 0) is 11.6 Å². The standard InChI is InChI=1S/C27H21ClN6O4/c28-16-4-6-33-19(14-30-20(33)13-16)21-22(26(36)31-25(21)35)23-17-3-1-2-15-12-18(34(24(15)17)7-5-29-23)27(37)32-8-10-38-11-9-32/h1-7,13-14,18H,8-12H2,(H,31,35,36). The minimum absolute atomic E-state index is 0.0293. The third-order valence-electron chi connectivity index (χ3n) is 7.32. The van der Waals surface area contributed by atoms with Gasteiger partial charge in [-0.2, -0.15) is 0 Å². The lowest BCUT2D eigenvalue weighted by Crippen LogP contribution is -2.49. The van der Waals surface area contributed by atoms with Crippen LogP contribution in [0.3, 0.4) is 0 Å². The molecular weight excluding hydrogens is 508 g/mol. The number of ether oxygens (including phenoxy) is 1. The van der Waals surface area contributed by atoms with Crippen LogP contribution in [0.15, 0.2) is 65.7 Å². The molecule has 1 N–H and O–H groups in total. The summed E-state index contributed by atoms with van der Waals surface area (Å²) in [5, 5.41) is 2.94. The molecule has 0 radical (unpaired) electrons. The fourth-order valence-corrected chi connectivity index (χ4v) is 5.76. The molecule has 0 aliphatic carbocycles. The number of carbonyl (C=O) groups excluding carboxylic acids is 3. The van der Waals surface area contributed by atoms with E-state index < -0.39 is 17.9 Å². The Bertz CT molecular complexity index is 1650. The number of para-hydroxylation sites is 1. The van der Waals surface area contributed by atoms with Crippen LogP contribution in [-0.2, 0) is 25.5 Å². The first kappa shape index (κ1) is 22.9. The molecule has 0 spiro atoms. The van der Waals surface area contributed by atoms with Gasteiger partial charge in [-0.3, -0.25) is 29.1 Å². The van der Waals surface area contributed by atoms with Crippen molar-refractivity contribution in [1.82, 2.24) is 19.6 Å². The second-order valence-electron chi connectivity index (χ2n) is 9.40. The number of aliphatic imine (C=N–C) groups is 1.